The molecule has 82 valence electrons. The van der Waals surface area contributed by atoms with Crippen molar-refractivity contribution in [3.63, 3.8) is 0 Å². The normalized spacial score (nSPS) is 10.0. The van der Waals surface area contributed by atoms with Crippen LogP contribution >= 0.6 is 11.6 Å². The lowest BCUT2D eigenvalue weighted by molar-refractivity contribution is -0.386. The summed E-state index contributed by atoms with van der Waals surface area (Å²) in [6, 6.07) is 0. The van der Waals surface area contributed by atoms with E-state index >= 15 is 0 Å². The zero-order chi connectivity index (χ0) is 11.3. The van der Waals surface area contributed by atoms with Crippen LogP contribution in [0.3, 0.4) is 0 Å². The second-order valence-corrected chi connectivity index (χ2v) is 2.77. The lowest BCUT2D eigenvalue weighted by Crippen LogP contribution is -2.07. The van der Waals surface area contributed by atoms with Gasteiger partial charge in [-0.1, -0.05) is 0 Å². The van der Waals surface area contributed by atoms with E-state index in [0.717, 1.165) is 6.20 Å². The molecule has 8 heteroatoms. The number of aromatic nitrogens is 2. The van der Waals surface area contributed by atoms with Gasteiger partial charge in [0.05, 0.1) is 11.5 Å². The van der Waals surface area contributed by atoms with Crippen LogP contribution in [0.15, 0.2) is 6.20 Å². The summed E-state index contributed by atoms with van der Waals surface area (Å²) in [6.45, 7) is 0.462. The van der Waals surface area contributed by atoms with E-state index in [1.165, 1.54) is 7.11 Å². The number of rotatable bonds is 5. The molecule has 0 fully saturated rings. The SMILES string of the molecule is COCCOc1nc(Cl)ncc1[N+](=O)[O-]. The first kappa shape index (κ1) is 11.6. The third-order valence-electron chi connectivity index (χ3n) is 1.43. The Hall–Kier alpha value is -1.47. The van der Waals surface area contributed by atoms with Crippen molar-refractivity contribution >= 4 is 17.3 Å². The third-order valence-corrected chi connectivity index (χ3v) is 1.61. The number of hydrogen-bond donors (Lipinski definition) is 0. The molecule has 0 bridgehead atoms. The molecule has 1 rings (SSSR count). The van der Waals surface area contributed by atoms with Crippen LogP contribution in [0, 0.1) is 10.1 Å². The van der Waals surface area contributed by atoms with Gasteiger partial charge in [-0.3, -0.25) is 10.1 Å². The number of nitro groups is 1. The van der Waals surface area contributed by atoms with Crippen LogP contribution in [0.1, 0.15) is 0 Å². The van der Waals surface area contributed by atoms with E-state index in [9.17, 15) is 10.1 Å². The molecular weight excluding hydrogens is 226 g/mol. The van der Waals surface area contributed by atoms with Gasteiger partial charge in [0.25, 0.3) is 5.88 Å². The monoisotopic (exact) mass is 233 g/mol. The first-order valence-electron chi connectivity index (χ1n) is 3.94. The van der Waals surface area contributed by atoms with Crippen LogP contribution < -0.4 is 4.74 Å². The molecule has 0 aliphatic heterocycles. The van der Waals surface area contributed by atoms with Gasteiger partial charge in [0.2, 0.25) is 5.28 Å². The summed E-state index contributed by atoms with van der Waals surface area (Å²) in [7, 11) is 1.49. The molecule has 0 unspecified atom stereocenters. The molecule has 0 aromatic carbocycles. The summed E-state index contributed by atoms with van der Waals surface area (Å²) in [5.74, 6) is -0.156. The van der Waals surface area contributed by atoms with Crippen molar-refractivity contribution < 1.29 is 14.4 Å². The second kappa shape index (κ2) is 5.42. The van der Waals surface area contributed by atoms with Crippen molar-refractivity contribution in [2.45, 2.75) is 0 Å². The molecule has 0 amide bonds. The fourth-order valence-electron chi connectivity index (χ4n) is 0.793. The largest absolute Gasteiger partial charge is 0.470 e. The number of hydrogen-bond acceptors (Lipinski definition) is 6. The number of methoxy groups -OCH3 is 1. The highest BCUT2D eigenvalue weighted by molar-refractivity contribution is 6.28. The predicted octanol–water partition coefficient (Wildman–Crippen LogP) is 1.06. The highest BCUT2D eigenvalue weighted by Gasteiger charge is 2.18. The van der Waals surface area contributed by atoms with Gasteiger partial charge in [0.15, 0.2) is 0 Å². The van der Waals surface area contributed by atoms with Crippen molar-refractivity contribution in [3.05, 3.63) is 21.6 Å². The first-order valence-corrected chi connectivity index (χ1v) is 4.31. The fraction of sp³-hybridized carbons (Fsp3) is 0.429. The Labute approximate surface area is 90.1 Å². The van der Waals surface area contributed by atoms with Crippen molar-refractivity contribution in [1.29, 1.82) is 0 Å². The maximum atomic E-state index is 10.5. The van der Waals surface area contributed by atoms with Gasteiger partial charge in [-0.25, -0.2) is 4.98 Å². The van der Waals surface area contributed by atoms with Crippen molar-refractivity contribution in [3.8, 4) is 5.88 Å². The molecule has 15 heavy (non-hydrogen) atoms. The molecule has 7 nitrogen and oxygen atoms in total. The third kappa shape index (κ3) is 3.30. The zero-order valence-corrected chi connectivity index (χ0v) is 8.60. The molecule has 1 aromatic heterocycles. The standard InChI is InChI=1S/C7H8ClN3O4/c1-14-2-3-15-6-5(11(12)13)4-9-7(8)10-6/h4H,2-3H2,1H3. The minimum atomic E-state index is -0.640. The molecule has 0 spiro atoms. The van der Waals surface area contributed by atoms with E-state index < -0.39 is 4.92 Å². The summed E-state index contributed by atoms with van der Waals surface area (Å²) in [6.07, 6.45) is 0.997. The van der Waals surface area contributed by atoms with Gasteiger partial charge in [-0.15, -0.1) is 0 Å². The second-order valence-electron chi connectivity index (χ2n) is 2.43. The van der Waals surface area contributed by atoms with Crippen molar-refractivity contribution in [2.75, 3.05) is 20.3 Å². The molecule has 1 aromatic rings. The topological polar surface area (TPSA) is 87.4 Å². The molecular formula is C7H8ClN3O4. The summed E-state index contributed by atoms with van der Waals surface area (Å²) in [5.41, 5.74) is -0.324. The van der Waals surface area contributed by atoms with Gasteiger partial charge in [-0.2, -0.15) is 4.98 Å². The maximum absolute atomic E-state index is 10.5. The maximum Gasteiger partial charge on any atom is 0.349 e. The minimum Gasteiger partial charge on any atom is -0.470 e. The Kier molecular flexibility index (Phi) is 4.19. The molecule has 0 aliphatic rings. The van der Waals surface area contributed by atoms with Crippen molar-refractivity contribution in [1.82, 2.24) is 9.97 Å². The van der Waals surface area contributed by atoms with Crippen molar-refractivity contribution in [2.24, 2.45) is 0 Å². The first-order chi connectivity index (χ1) is 7.15. The Balaban J connectivity index is 2.82. The van der Waals surface area contributed by atoms with Crippen LogP contribution in [0.2, 0.25) is 5.28 Å². The average Bonchev–Trinajstić information content (AvgIpc) is 2.18. The van der Waals surface area contributed by atoms with Gasteiger partial charge in [0, 0.05) is 7.11 Å². The average molecular weight is 234 g/mol. The summed E-state index contributed by atoms with van der Waals surface area (Å²) >= 11 is 5.48. The van der Waals surface area contributed by atoms with Crippen LogP contribution in [0.25, 0.3) is 0 Å². The number of halogens is 1. The van der Waals surface area contributed by atoms with Gasteiger partial charge < -0.3 is 9.47 Å². The Morgan fingerprint density at radius 1 is 1.60 bits per heavy atom. The quantitative estimate of drug-likeness (QED) is 0.327. The fourth-order valence-corrected chi connectivity index (χ4v) is 0.918. The Morgan fingerprint density at radius 3 is 2.93 bits per heavy atom. The van der Waals surface area contributed by atoms with E-state index in [0.29, 0.717) is 6.61 Å². The molecule has 0 radical (unpaired) electrons. The minimum absolute atomic E-state index is 0.104. The number of ether oxygens (including phenoxy) is 2. The molecule has 0 N–H and O–H groups in total. The van der Waals surface area contributed by atoms with Crippen LogP contribution in [0.4, 0.5) is 5.69 Å². The summed E-state index contributed by atoms with van der Waals surface area (Å²) in [4.78, 5) is 17.0. The van der Waals surface area contributed by atoms with Gasteiger partial charge in [0.1, 0.15) is 12.8 Å². The smallest absolute Gasteiger partial charge is 0.349 e. The van der Waals surface area contributed by atoms with Gasteiger partial charge in [-0.05, 0) is 11.6 Å². The van der Waals surface area contributed by atoms with E-state index in [2.05, 4.69) is 9.97 Å². The zero-order valence-electron chi connectivity index (χ0n) is 7.84. The van der Waals surface area contributed by atoms with E-state index in [-0.39, 0.29) is 23.5 Å². The molecule has 0 saturated carbocycles. The van der Waals surface area contributed by atoms with Crippen LogP contribution in [-0.2, 0) is 4.74 Å². The Morgan fingerprint density at radius 2 is 2.33 bits per heavy atom. The molecule has 0 saturated heterocycles. The van der Waals surface area contributed by atoms with Crippen LogP contribution in [-0.4, -0.2) is 35.2 Å². The van der Waals surface area contributed by atoms with E-state index in [1.807, 2.05) is 0 Å². The van der Waals surface area contributed by atoms with Gasteiger partial charge >= 0.3 is 5.69 Å². The molecule has 1 heterocycles. The Bertz CT molecular complexity index is 360. The highest BCUT2D eigenvalue weighted by Crippen LogP contribution is 2.23. The lowest BCUT2D eigenvalue weighted by Gasteiger charge is -2.04. The van der Waals surface area contributed by atoms with E-state index in [1.54, 1.807) is 0 Å². The van der Waals surface area contributed by atoms with Crippen LogP contribution in [0.5, 0.6) is 5.88 Å². The highest BCUT2D eigenvalue weighted by atomic mass is 35.5. The number of nitrogens with zero attached hydrogens (tertiary/aromatic N) is 3. The lowest BCUT2D eigenvalue weighted by atomic mass is 10.5. The van der Waals surface area contributed by atoms with E-state index in [4.69, 9.17) is 21.1 Å². The summed E-state index contributed by atoms with van der Waals surface area (Å²) in [5, 5.41) is 10.4. The summed E-state index contributed by atoms with van der Waals surface area (Å²) < 4.78 is 9.74. The predicted molar refractivity (Wildman–Crippen MR) is 51.1 cm³/mol. The molecule has 0 aliphatic carbocycles. The molecule has 0 atom stereocenters.